The van der Waals surface area contributed by atoms with Crippen molar-refractivity contribution in [2.45, 2.75) is 0 Å². The molecule has 3 heterocycles. The van der Waals surface area contributed by atoms with Crippen LogP contribution in [0, 0.1) is 0 Å². The summed E-state index contributed by atoms with van der Waals surface area (Å²) in [5, 5.41) is 4.24. The summed E-state index contributed by atoms with van der Waals surface area (Å²) in [5.74, 6) is 1.61. The van der Waals surface area contributed by atoms with Gasteiger partial charge in [0.2, 0.25) is 0 Å². The Kier molecular flexibility index (Phi) is 6.49. The highest BCUT2D eigenvalue weighted by atomic mass is 32.1. The van der Waals surface area contributed by atoms with Gasteiger partial charge in [-0.15, -0.1) is 11.3 Å². The van der Waals surface area contributed by atoms with Crippen LogP contribution in [0.2, 0.25) is 0 Å². The number of benzene rings is 8. The summed E-state index contributed by atoms with van der Waals surface area (Å²) in [5.41, 5.74) is 8.55. The number of fused-ring (bicyclic) bond motifs is 6. The average molecular weight is 738 g/mol. The van der Waals surface area contributed by atoms with Gasteiger partial charge in [-0.25, -0.2) is 15.0 Å². The summed E-state index contributed by atoms with van der Waals surface area (Å²) in [6.45, 7) is 0. The first-order valence-corrected chi connectivity index (χ1v) is 19.2. The zero-order valence-electron chi connectivity index (χ0n) is 34.8. The van der Waals surface area contributed by atoms with Crippen molar-refractivity contribution in [3.05, 3.63) is 194 Å². The Morgan fingerprint density at radius 2 is 0.946 bits per heavy atom. The Labute approximate surface area is 334 Å². The van der Waals surface area contributed by atoms with E-state index in [2.05, 4.69) is 102 Å². The highest BCUT2D eigenvalue weighted by Crippen LogP contribution is 2.44. The Morgan fingerprint density at radius 3 is 1.62 bits per heavy atom. The van der Waals surface area contributed by atoms with Gasteiger partial charge in [0, 0.05) is 53.3 Å². The van der Waals surface area contributed by atoms with Crippen LogP contribution in [0.25, 0.3) is 104 Å². The number of thiophene rings is 1. The molecule has 11 aromatic rings. The average Bonchev–Trinajstić information content (AvgIpc) is 3.86. The largest absolute Gasteiger partial charge is 0.309 e. The molecule has 0 aliphatic carbocycles. The lowest BCUT2D eigenvalue weighted by atomic mass is 10.0. The van der Waals surface area contributed by atoms with E-state index in [1.165, 1.54) is 0 Å². The lowest BCUT2D eigenvalue weighted by molar-refractivity contribution is 1.07. The standard InChI is InChI=1S/C51H32N4S/c1-4-14-33(15-5-1)35-24-26-37(27-25-35)50-52-49(36-18-8-3-9-19-36)53-51(54-50)44-32-39(55-45-22-12-10-20-40(45)41-21-11-13-23-46(41)55)31-43-42-29-28-38(30-47(42)56-48(43)44)34-16-6-2-7-17-34/h1-32H/i2D,6D,7D,16D,17D. The summed E-state index contributed by atoms with van der Waals surface area (Å²) in [4.78, 5) is 15.5. The molecule has 8 aromatic carbocycles. The number of para-hydroxylation sites is 2. The Morgan fingerprint density at radius 1 is 0.411 bits per heavy atom. The van der Waals surface area contributed by atoms with E-state index in [-0.39, 0.29) is 29.7 Å². The van der Waals surface area contributed by atoms with Crippen LogP contribution in [-0.2, 0) is 0 Å². The van der Waals surface area contributed by atoms with E-state index in [4.69, 9.17) is 21.8 Å². The van der Waals surface area contributed by atoms with Crippen molar-refractivity contribution >= 4 is 53.3 Å². The van der Waals surface area contributed by atoms with Crippen LogP contribution in [0.1, 0.15) is 6.85 Å². The van der Waals surface area contributed by atoms with E-state index < -0.39 is 6.04 Å². The van der Waals surface area contributed by atoms with E-state index in [1.807, 2.05) is 66.7 Å². The lowest BCUT2D eigenvalue weighted by Crippen LogP contribution is -2.01. The first kappa shape index (κ1) is 27.4. The third-order valence-corrected chi connectivity index (χ3v) is 11.5. The molecule has 0 spiro atoms. The van der Waals surface area contributed by atoms with E-state index in [0.717, 1.165) is 75.5 Å². The monoisotopic (exact) mass is 737 g/mol. The van der Waals surface area contributed by atoms with Gasteiger partial charge in [0.1, 0.15) is 0 Å². The molecule has 0 saturated heterocycles. The molecule has 0 unspecified atom stereocenters. The number of aromatic nitrogens is 4. The molecule has 56 heavy (non-hydrogen) atoms. The van der Waals surface area contributed by atoms with Crippen LogP contribution >= 0.6 is 11.3 Å². The Hall–Kier alpha value is -7.21. The smallest absolute Gasteiger partial charge is 0.165 e. The topological polar surface area (TPSA) is 43.6 Å². The van der Waals surface area contributed by atoms with Crippen LogP contribution in [0.3, 0.4) is 0 Å². The van der Waals surface area contributed by atoms with E-state index in [9.17, 15) is 0 Å². The Bertz CT molecular complexity index is 3450. The van der Waals surface area contributed by atoms with E-state index >= 15 is 0 Å². The molecule has 0 aliphatic rings. The second kappa shape index (κ2) is 13.3. The molecule has 0 radical (unpaired) electrons. The molecule has 0 amide bonds. The summed E-state index contributed by atoms with van der Waals surface area (Å²) >= 11 is 1.57. The van der Waals surface area contributed by atoms with Gasteiger partial charge in [0.25, 0.3) is 0 Å². The molecule has 0 saturated carbocycles. The number of rotatable bonds is 6. The molecule has 3 aromatic heterocycles. The minimum Gasteiger partial charge on any atom is -0.309 e. The lowest BCUT2D eigenvalue weighted by Gasteiger charge is -2.13. The summed E-state index contributed by atoms with van der Waals surface area (Å²) in [6.07, 6.45) is 0. The van der Waals surface area contributed by atoms with Crippen molar-refractivity contribution in [2.24, 2.45) is 0 Å². The molecular weight excluding hydrogens is 701 g/mol. The molecule has 0 atom stereocenters. The van der Waals surface area contributed by atoms with Crippen molar-refractivity contribution in [3.63, 3.8) is 0 Å². The van der Waals surface area contributed by atoms with Gasteiger partial charge in [-0.3, -0.25) is 0 Å². The van der Waals surface area contributed by atoms with Crippen LogP contribution in [-0.4, -0.2) is 19.5 Å². The van der Waals surface area contributed by atoms with Gasteiger partial charge in [-0.05, 0) is 52.6 Å². The molecule has 11 rings (SSSR count). The molecular formula is C51H32N4S. The van der Waals surface area contributed by atoms with Gasteiger partial charge in [-0.1, -0.05) is 164 Å². The van der Waals surface area contributed by atoms with E-state index in [0.29, 0.717) is 23.0 Å². The number of hydrogen-bond acceptors (Lipinski definition) is 4. The first-order chi connectivity index (χ1) is 29.8. The fourth-order valence-corrected chi connectivity index (χ4v) is 8.93. The van der Waals surface area contributed by atoms with Crippen molar-refractivity contribution < 1.29 is 6.85 Å². The molecule has 0 N–H and O–H groups in total. The van der Waals surface area contributed by atoms with Crippen molar-refractivity contribution in [3.8, 4) is 62.1 Å². The summed E-state index contributed by atoms with van der Waals surface area (Å²) in [7, 11) is 0. The second-order valence-electron chi connectivity index (χ2n) is 13.7. The first-order valence-electron chi connectivity index (χ1n) is 20.9. The zero-order valence-corrected chi connectivity index (χ0v) is 30.6. The maximum Gasteiger partial charge on any atom is 0.165 e. The predicted molar refractivity (Wildman–Crippen MR) is 234 cm³/mol. The van der Waals surface area contributed by atoms with Gasteiger partial charge < -0.3 is 4.57 Å². The fraction of sp³-hybridized carbons (Fsp3) is 0. The third-order valence-electron chi connectivity index (χ3n) is 10.3. The molecule has 0 fully saturated rings. The molecule has 5 heteroatoms. The maximum absolute atomic E-state index is 8.72. The quantitative estimate of drug-likeness (QED) is 0.171. The molecule has 0 aliphatic heterocycles. The molecule has 4 nitrogen and oxygen atoms in total. The highest BCUT2D eigenvalue weighted by molar-refractivity contribution is 7.26. The minimum absolute atomic E-state index is 0.171. The highest BCUT2D eigenvalue weighted by Gasteiger charge is 2.21. The SMILES string of the molecule is [2H]c1c([2H])c([2H])c(-c2ccc3c(c2)sc2c(-c4nc(-c5ccccc5)nc(-c5ccc(-c6ccccc6)cc5)n4)cc(-n4c5ccccc5c5ccccc54)cc23)c([2H])c1[2H]. The molecule has 262 valence electrons. The van der Waals surface area contributed by atoms with Crippen LogP contribution in [0.15, 0.2) is 194 Å². The third kappa shape index (κ3) is 5.48. The van der Waals surface area contributed by atoms with Gasteiger partial charge in [0.15, 0.2) is 17.5 Å². The van der Waals surface area contributed by atoms with Crippen LogP contribution in [0.5, 0.6) is 0 Å². The maximum atomic E-state index is 8.72. The zero-order chi connectivity index (χ0) is 41.4. The predicted octanol–water partition coefficient (Wildman–Crippen LogP) is 13.7. The van der Waals surface area contributed by atoms with Crippen molar-refractivity contribution in [1.82, 2.24) is 19.5 Å². The number of nitrogens with zero attached hydrogens (tertiary/aromatic N) is 4. The van der Waals surface area contributed by atoms with Gasteiger partial charge in [0.05, 0.1) is 17.9 Å². The van der Waals surface area contributed by atoms with Crippen LogP contribution < -0.4 is 0 Å². The summed E-state index contributed by atoms with van der Waals surface area (Å²) in [6, 6.07) is 53.9. The second-order valence-corrected chi connectivity index (χ2v) is 14.7. The molecule has 0 bridgehead atoms. The van der Waals surface area contributed by atoms with Crippen LogP contribution in [0.4, 0.5) is 0 Å². The summed E-state index contributed by atoms with van der Waals surface area (Å²) < 4.78 is 46.4. The Balaban J connectivity index is 1.19. The minimum atomic E-state index is -0.414. The fourth-order valence-electron chi connectivity index (χ4n) is 7.69. The van der Waals surface area contributed by atoms with Gasteiger partial charge in [-0.2, -0.15) is 0 Å². The number of hydrogen-bond donors (Lipinski definition) is 0. The van der Waals surface area contributed by atoms with Gasteiger partial charge >= 0.3 is 0 Å². The normalized spacial score (nSPS) is 12.8. The van der Waals surface area contributed by atoms with Crippen molar-refractivity contribution in [1.29, 1.82) is 0 Å². The van der Waals surface area contributed by atoms with Crippen molar-refractivity contribution in [2.75, 3.05) is 0 Å². The van der Waals surface area contributed by atoms with E-state index in [1.54, 1.807) is 11.3 Å².